The predicted octanol–water partition coefficient (Wildman–Crippen LogP) is 4.47. The van der Waals surface area contributed by atoms with Crippen molar-refractivity contribution in [1.29, 1.82) is 0 Å². The van der Waals surface area contributed by atoms with Gasteiger partial charge >= 0.3 is 0 Å². The van der Waals surface area contributed by atoms with Crippen LogP contribution in [0.25, 0.3) is 0 Å². The summed E-state index contributed by atoms with van der Waals surface area (Å²) < 4.78 is 0. The van der Waals surface area contributed by atoms with E-state index >= 15 is 0 Å². The monoisotopic (exact) mass is 382 g/mol. The smallest absolute Gasteiger partial charge is 0.191 e. The Kier molecular flexibility index (Phi) is 6.68. The number of nitrogens with one attached hydrogen (secondary N) is 2. The average molecular weight is 383 g/mol. The third kappa shape index (κ3) is 5.61. The van der Waals surface area contributed by atoms with Crippen molar-refractivity contribution in [2.24, 2.45) is 4.99 Å². The Bertz CT molecular complexity index is 842. The Morgan fingerprint density at radius 1 is 1.00 bits per heavy atom. The standard InChI is InChI=1S/C20H22N4S2/c1-15-12-22-19(25-15)14-24-20(21-2)23-13-16-8-10-18(11-9-16)26-17-6-4-3-5-7-17/h3-12H,13-14H2,1-2H3,(H2,21,23,24). The summed E-state index contributed by atoms with van der Waals surface area (Å²) in [5.41, 5.74) is 1.22. The van der Waals surface area contributed by atoms with Gasteiger partial charge < -0.3 is 10.6 Å². The fourth-order valence-corrected chi connectivity index (χ4v) is 3.91. The molecule has 0 fully saturated rings. The van der Waals surface area contributed by atoms with Gasteiger partial charge in [0.1, 0.15) is 5.01 Å². The molecule has 2 N–H and O–H groups in total. The van der Waals surface area contributed by atoms with Gasteiger partial charge in [-0.25, -0.2) is 4.98 Å². The maximum Gasteiger partial charge on any atom is 0.191 e. The molecule has 4 nitrogen and oxygen atoms in total. The van der Waals surface area contributed by atoms with Gasteiger partial charge in [0, 0.05) is 34.5 Å². The first-order valence-electron chi connectivity index (χ1n) is 8.40. The molecule has 0 radical (unpaired) electrons. The van der Waals surface area contributed by atoms with Gasteiger partial charge in [-0.15, -0.1) is 11.3 Å². The fraction of sp³-hybridized carbons (Fsp3) is 0.200. The van der Waals surface area contributed by atoms with Crippen LogP contribution >= 0.6 is 23.1 Å². The summed E-state index contributed by atoms with van der Waals surface area (Å²) in [6.07, 6.45) is 1.90. The van der Waals surface area contributed by atoms with Gasteiger partial charge in [0.05, 0.1) is 6.54 Å². The number of thiazole rings is 1. The summed E-state index contributed by atoms with van der Waals surface area (Å²) in [4.78, 5) is 12.3. The number of rotatable bonds is 6. The zero-order chi connectivity index (χ0) is 18.2. The SMILES string of the molecule is CN=C(NCc1ccc(Sc2ccccc2)cc1)NCc1ncc(C)s1. The van der Waals surface area contributed by atoms with Crippen LogP contribution in [0.2, 0.25) is 0 Å². The fourth-order valence-electron chi connectivity index (χ4n) is 2.35. The molecule has 0 bridgehead atoms. The number of aliphatic imine (C=N–C) groups is 1. The minimum atomic E-state index is 0.685. The molecule has 0 atom stereocenters. The van der Waals surface area contributed by atoms with Crippen LogP contribution in [0.1, 0.15) is 15.4 Å². The van der Waals surface area contributed by atoms with Gasteiger partial charge in [0.15, 0.2) is 5.96 Å². The molecule has 0 aliphatic heterocycles. The maximum absolute atomic E-state index is 4.36. The number of nitrogens with zero attached hydrogens (tertiary/aromatic N) is 2. The van der Waals surface area contributed by atoms with Crippen molar-refractivity contribution < 1.29 is 0 Å². The molecule has 0 spiro atoms. The van der Waals surface area contributed by atoms with E-state index in [4.69, 9.17) is 0 Å². The van der Waals surface area contributed by atoms with Gasteiger partial charge in [0.2, 0.25) is 0 Å². The zero-order valence-electron chi connectivity index (χ0n) is 14.9. The highest BCUT2D eigenvalue weighted by atomic mass is 32.2. The van der Waals surface area contributed by atoms with Crippen LogP contribution in [0.5, 0.6) is 0 Å². The molecule has 134 valence electrons. The summed E-state index contributed by atoms with van der Waals surface area (Å²) in [7, 11) is 1.78. The van der Waals surface area contributed by atoms with Crippen molar-refractivity contribution in [3.8, 4) is 0 Å². The molecule has 3 rings (SSSR count). The van der Waals surface area contributed by atoms with Crippen molar-refractivity contribution in [3.63, 3.8) is 0 Å². The number of benzene rings is 2. The van der Waals surface area contributed by atoms with Crippen LogP contribution in [-0.2, 0) is 13.1 Å². The molecule has 6 heteroatoms. The van der Waals surface area contributed by atoms with Crippen molar-refractivity contribution in [2.75, 3.05) is 7.05 Å². The zero-order valence-corrected chi connectivity index (χ0v) is 16.5. The van der Waals surface area contributed by atoms with Gasteiger partial charge in [-0.2, -0.15) is 0 Å². The molecular formula is C20H22N4S2. The van der Waals surface area contributed by atoms with Crippen LogP contribution in [-0.4, -0.2) is 18.0 Å². The molecule has 0 amide bonds. The summed E-state index contributed by atoms with van der Waals surface area (Å²) in [5, 5.41) is 7.70. The van der Waals surface area contributed by atoms with Crippen molar-refractivity contribution >= 4 is 29.1 Å². The molecular weight excluding hydrogens is 360 g/mol. The summed E-state index contributed by atoms with van der Waals surface area (Å²) in [6, 6.07) is 19.0. The first kappa shape index (κ1) is 18.5. The number of guanidine groups is 1. The second kappa shape index (κ2) is 9.40. The third-order valence-electron chi connectivity index (χ3n) is 3.66. The van der Waals surface area contributed by atoms with Crippen LogP contribution in [0, 0.1) is 6.92 Å². The molecule has 0 saturated heterocycles. The first-order chi connectivity index (χ1) is 12.7. The topological polar surface area (TPSA) is 49.3 Å². The second-order valence-electron chi connectivity index (χ2n) is 5.70. The van der Waals surface area contributed by atoms with E-state index in [0.29, 0.717) is 6.54 Å². The molecule has 0 aliphatic rings. The number of aryl methyl sites for hydroxylation is 1. The van der Waals surface area contributed by atoms with Crippen LogP contribution in [0.15, 0.2) is 75.6 Å². The first-order valence-corrected chi connectivity index (χ1v) is 10.0. The van der Waals surface area contributed by atoms with E-state index in [0.717, 1.165) is 17.5 Å². The van der Waals surface area contributed by atoms with E-state index in [1.165, 1.54) is 20.2 Å². The minimum absolute atomic E-state index is 0.685. The van der Waals surface area contributed by atoms with E-state index in [2.05, 4.69) is 76.1 Å². The maximum atomic E-state index is 4.36. The lowest BCUT2D eigenvalue weighted by molar-refractivity contribution is 0.804. The molecule has 0 unspecified atom stereocenters. The average Bonchev–Trinajstić information content (AvgIpc) is 3.09. The summed E-state index contributed by atoms with van der Waals surface area (Å²) in [6.45, 7) is 3.48. The predicted molar refractivity (Wildman–Crippen MR) is 111 cm³/mol. The van der Waals surface area contributed by atoms with Gasteiger partial charge in [-0.1, -0.05) is 42.1 Å². The van der Waals surface area contributed by atoms with Gasteiger partial charge in [0.25, 0.3) is 0 Å². The second-order valence-corrected chi connectivity index (χ2v) is 8.17. The quantitative estimate of drug-likeness (QED) is 0.488. The van der Waals surface area contributed by atoms with Gasteiger partial charge in [-0.3, -0.25) is 4.99 Å². The van der Waals surface area contributed by atoms with Gasteiger partial charge in [-0.05, 0) is 36.8 Å². The Balaban J connectivity index is 1.48. The normalized spacial score (nSPS) is 11.4. The Morgan fingerprint density at radius 2 is 1.69 bits per heavy atom. The number of hydrogen-bond acceptors (Lipinski definition) is 4. The molecule has 0 aliphatic carbocycles. The van der Waals surface area contributed by atoms with Crippen LogP contribution in [0.4, 0.5) is 0 Å². The number of aromatic nitrogens is 1. The summed E-state index contributed by atoms with van der Waals surface area (Å²) in [5.74, 6) is 0.778. The highest BCUT2D eigenvalue weighted by Crippen LogP contribution is 2.27. The molecule has 3 aromatic rings. The highest BCUT2D eigenvalue weighted by molar-refractivity contribution is 7.99. The lowest BCUT2D eigenvalue weighted by Gasteiger charge is -2.11. The minimum Gasteiger partial charge on any atom is -0.352 e. The number of hydrogen-bond donors (Lipinski definition) is 2. The molecule has 1 aromatic heterocycles. The van der Waals surface area contributed by atoms with Crippen molar-refractivity contribution in [2.45, 2.75) is 29.8 Å². The molecule has 26 heavy (non-hydrogen) atoms. The summed E-state index contributed by atoms with van der Waals surface area (Å²) >= 11 is 3.47. The third-order valence-corrected chi connectivity index (χ3v) is 5.59. The van der Waals surface area contributed by atoms with E-state index < -0.39 is 0 Å². The highest BCUT2D eigenvalue weighted by Gasteiger charge is 2.02. The lowest BCUT2D eigenvalue weighted by atomic mass is 10.2. The largest absolute Gasteiger partial charge is 0.352 e. The van der Waals surface area contributed by atoms with E-state index in [9.17, 15) is 0 Å². The van der Waals surface area contributed by atoms with Crippen molar-refractivity contribution in [1.82, 2.24) is 15.6 Å². The van der Waals surface area contributed by atoms with Crippen molar-refractivity contribution in [3.05, 3.63) is 76.2 Å². The Labute approximate surface area is 162 Å². The molecule has 1 heterocycles. The van der Waals surface area contributed by atoms with E-state index in [-0.39, 0.29) is 0 Å². The molecule has 2 aromatic carbocycles. The Hall–Kier alpha value is -2.31. The van der Waals surface area contributed by atoms with Crippen LogP contribution in [0.3, 0.4) is 0 Å². The molecule has 0 saturated carbocycles. The van der Waals surface area contributed by atoms with E-state index in [1.54, 1.807) is 30.1 Å². The van der Waals surface area contributed by atoms with E-state index in [1.807, 2.05) is 12.3 Å². The lowest BCUT2D eigenvalue weighted by Crippen LogP contribution is -2.36. The van der Waals surface area contributed by atoms with Crippen LogP contribution < -0.4 is 10.6 Å². The Morgan fingerprint density at radius 3 is 2.35 bits per heavy atom.